The number of aromatic nitrogens is 2. The Morgan fingerprint density at radius 1 is 1.10 bits per heavy atom. The van der Waals surface area contributed by atoms with Gasteiger partial charge < -0.3 is 9.64 Å². The number of anilines is 2. The van der Waals surface area contributed by atoms with Crippen LogP contribution in [0.3, 0.4) is 0 Å². The third-order valence-corrected chi connectivity index (χ3v) is 6.23. The minimum absolute atomic E-state index is 0.0251. The van der Waals surface area contributed by atoms with Gasteiger partial charge in [-0.25, -0.2) is 4.98 Å². The Balaban J connectivity index is 1.44. The molecule has 0 amide bonds. The highest BCUT2D eigenvalue weighted by molar-refractivity contribution is 7.14. The quantitative estimate of drug-likeness (QED) is 0.329. The maximum Gasteiger partial charge on any atom is 0.190 e. The van der Waals surface area contributed by atoms with Gasteiger partial charge in [0.2, 0.25) is 0 Å². The van der Waals surface area contributed by atoms with Crippen LogP contribution in [0.4, 0.5) is 10.8 Å². The predicted molar refractivity (Wildman–Crippen MR) is 123 cm³/mol. The second-order valence-electron chi connectivity index (χ2n) is 7.20. The second kappa shape index (κ2) is 8.49. The van der Waals surface area contributed by atoms with Crippen molar-refractivity contribution < 1.29 is 9.53 Å². The Bertz CT molecular complexity index is 1240. The Hall–Kier alpha value is -3.22. The van der Waals surface area contributed by atoms with Crippen LogP contribution in [0.2, 0.25) is 5.02 Å². The summed E-state index contributed by atoms with van der Waals surface area (Å²) in [4.78, 5) is 23.5. The summed E-state index contributed by atoms with van der Waals surface area (Å²) >= 11 is 7.74. The average molecular weight is 448 g/mol. The highest BCUT2D eigenvalue weighted by atomic mass is 35.5. The first-order valence-corrected chi connectivity index (χ1v) is 11.1. The SMILES string of the molecule is O=C(CCc1ccncc1)c1csc(N2Cc3ccccc3Oc3ccc(Cl)cc32)n1. The van der Waals surface area contributed by atoms with E-state index in [1.807, 2.05) is 60.0 Å². The van der Waals surface area contributed by atoms with Gasteiger partial charge in [0.1, 0.15) is 11.4 Å². The van der Waals surface area contributed by atoms with E-state index in [1.165, 1.54) is 11.3 Å². The molecule has 154 valence electrons. The molecule has 0 N–H and O–H groups in total. The first-order chi connectivity index (χ1) is 15.2. The number of ether oxygens (including phenoxy) is 1. The van der Waals surface area contributed by atoms with Gasteiger partial charge in [-0.05, 0) is 48.4 Å². The van der Waals surface area contributed by atoms with E-state index in [2.05, 4.69) is 14.9 Å². The lowest BCUT2D eigenvalue weighted by Crippen LogP contribution is -2.15. The fourth-order valence-corrected chi connectivity index (χ4v) is 4.53. The lowest BCUT2D eigenvalue weighted by molar-refractivity contribution is 0.0978. The smallest absolute Gasteiger partial charge is 0.190 e. The van der Waals surface area contributed by atoms with Crippen LogP contribution in [-0.4, -0.2) is 15.8 Å². The number of hydrogen-bond donors (Lipinski definition) is 0. The van der Waals surface area contributed by atoms with Crippen molar-refractivity contribution in [3.8, 4) is 11.5 Å². The van der Waals surface area contributed by atoms with Gasteiger partial charge in [-0.15, -0.1) is 11.3 Å². The standard InChI is InChI=1S/C24H18ClN3O2S/c25-18-6-8-23-20(13-18)28(14-17-3-1-2-4-22(17)30-23)24-27-19(15-31-24)21(29)7-5-16-9-11-26-12-10-16/h1-4,6,8-13,15H,5,7,14H2. The maximum absolute atomic E-state index is 12.7. The summed E-state index contributed by atoms with van der Waals surface area (Å²) in [5.41, 5.74) is 3.43. The van der Waals surface area contributed by atoms with E-state index in [-0.39, 0.29) is 5.78 Å². The molecule has 1 aliphatic rings. The zero-order valence-electron chi connectivity index (χ0n) is 16.5. The van der Waals surface area contributed by atoms with Crippen LogP contribution < -0.4 is 9.64 Å². The van der Waals surface area contributed by atoms with Crippen LogP contribution in [-0.2, 0) is 13.0 Å². The number of pyridine rings is 1. The van der Waals surface area contributed by atoms with Gasteiger partial charge in [0.15, 0.2) is 16.7 Å². The van der Waals surface area contributed by atoms with Crippen LogP contribution in [0.5, 0.6) is 11.5 Å². The summed E-state index contributed by atoms with van der Waals surface area (Å²) in [5, 5.41) is 3.17. The number of ketones is 1. The van der Waals surface area contributed by atoms with Gasteiger partial charge in [-0.3, -0.25) is 9.78 Å². The van der Waals surface area contributed by atoms with E-state index in [4.69, 9.17) is 16.3 Å². The Morgan fingerprint density at radius 3 is 2.81 bits per heavy atom. The lowest BCUT2D eigenvalue weighted by Gasteiger charge is -2.21. The van der Waals surface area contributed by atoms with Gasteiger partial charge >= 0.3 is 0 Å². The number of rotatable bonds is 5. The van der Waals surface area contributed by atoms with E-state index in [1.54, 1.807) is 12.4 Å². The molecule has 4 aromatic rings. The average Bonchev–Trinajstić information content (AvgIpc) is 3.23. The summed E-state index contributed by atoms with van der Waals surface area (Å²) < 4.78 is 6.16. The highest BCUT2D eigenvalue weighted by Gasteiger charge is 2.25. The van der Waals surface area contributed by atoms with Gasteiger partial charge in [0, 0.05) is 34.8 Å². The number of fused-ring (bicyclic) bond motifs is 2. The summed E-state index contributed by atoms with van der Waals surface area (Å²) in [6, 6.07) is 17.3. The van der Waals surface area contributed by atoms with Crippen molar-refractivity contribution in [2.24, 2.45) is 0 Å². The topological polar surface area (TPSA) is 55.3 Å². The van der Waals surface area contributed by atoms with E-state index in [0.29, 0.717) is 35.9 Å². The van der Waals surface area contributed by atoms with Crippen molar-refractivity contribution in [3.05, 3.63) is 94.2 Å². The molecule has 7 heteroatoms. The predicted octanol–water partition coefficient (Wildman–Crippen LogP) is 6.45. The number of carbonyl (C=O) groups excluding carboxylic acids is 1. The molecule has 0 saturated heterocycles. The van der Waals surface area contributed by atoms with E-state index >= 15 is 0 Å². The van der Waals surface area contributed by atoms with Crippen molar-refractivity contribution in [1.29, 1.82) is 0 Å². The summed E-state index contributed by atoms with van der Waals surface area (Å²) in [5.74, 6) is 1.53. The van der Waals surface area contributed by atoms with Crippen molar-refractivity contribution in [2.75, 3.05) is 4.90 Å². The molecule has 0 aliphatic carbocycles. The highest BCUT2D eigenvalue weighted by Crippen LogP contribution is 2.44. The van der Waals surface area contributed by atoms with Crippen molar-refractivity contribution in [1.82, 2.24) is 9.97 Å². The summed E-state index contributed by atoms with van der Waals surface area (Å²) in [6.07, 6.45) is 4.55. The zero-order chi connectivity index (χ0) is 21.2. The van der Waals surface area contributed by atoms with Gasteiger partial charge in [0.25, 0.3) is 0 Å². The number of carbonyl (C=O) groups is 1. The molecule has 31 heavy (non-hydrogen) atoms. The molecular weight excluding hydrogens is 430 g/mol. The molecule has 0 atom stereocenters. The van der Waals surface area contributed by atoms with Crippen LogP contribution in [0.25, 0.3) is 0 Å². The molecule has 0 fully saturated rings. The number of thiazole rings is 1. The molecule has 0 bridgehead atoms. The molecule has 5 rings (SSSR count). The third-order valence-electron chi connectivity index (χ3n) is 5.13. The van der Waals surface area contributed by atoms with E-state index in [0.717, 1.165) is 27.7 Å². The second-order valence-corrected chi connectivity index (χ2v) is 8.47. The number of aryl methyl sites for hydroxylation is 1. The van der Waals surface area contributed by atoms with Crippen LogP contribution >= 0.6 is 22.9 Å². The zero-order valence-corrected chi connectivity index (χ0v) is 18.1. The lowest BCUT2D eigenvalue weighted by atomic mass is 10.1. The van der Waals surface area contributed by atoms with Gasteiger partial charge in [0.05, 0.1) is 12.2 Å². The van der Waals surface area contributed by atoms with Gasteiger partial charge in [-0.1, -0.05) is 29.8 Å². The normalized spacial score (nSPS) is 12.5. The number of para-hydroxylation sites is 1. The molecule has 1 aliphatic heterocycles. The Morgan fingerprint density at radius 2 is 1.94 bits per heavy atom. The third kappa shape index (κ3) is 4.17. The van der Waals surface area contributed by atoms with Crippen LogP contribution in [0.15, 0.2) is 72.4 Å². The first-order valence-electron chi connectivity index (χ1n) is 9.88. The van der Waals surface area contributed by atoms with E-state index in [9.17, 15) is 4.79 Å². The molecule has 2 aromatic heterocycles. The monoisotopic (exact) mass is 447 g/mol. The molecular formula is C24H18ClN3O2S. The number of benzene rings is 2. The molecule has 0 unspecified atom stereocenters. The fourth-order valence-electron chi connectivity index (χ4n) is 3.52. The number of Topliss-reactive ketones (excluding diaryl/α,β-unsaturated/α-hetero) is 1. The van der Waals surface area contributed by atoms with Crippen LogP contribution in [0.1, 0.15) is 28.0 Å². The molecule has 0 spiro atoms. The Kier molecular flexibility index (Phi) is 5.40. The van der Waals surface area contributed by atoms with Gasteiger partial charge in [-0.2, -0.15) is 0 Å². The molecule has 0 saturated carbocycles. The number of nitrogens with zero attached hydrogens (tertiary/aromatic N) is 3. The van der Waals surface area contributed by atoms with Crippen molar-refractivity contribution in [3.63, 3.8) is 0 Å². The maximum atomic E-state index is 12.7. The summed E-state index contributed by atoms with van der Waals surface area (Å²) in [6.45, 7) is 0.571. The van der Waals surface area contributed by atoms with Crippen LogP contribution in [0, 0.1) is 0 Å². The molecule has 3 heterocycles. The fraction of sp³-hybridized carbons (Fsp3) is 0.125. The molecule has 2 aromatic carbocycles. The number of hydrogen-bond acceptors (Lipinski definition) is 6. The first kappa shape index (κ1) is 19.7. The summed E-state index contributed by atoms with van der Waals surface area (Å²) in [7, 11) is 0. The van der Waals surface area contributed by atoms with E-state index < -0.39 is 0 Å². The van der Waals surface area contributed by atoms with Crippen molar-refractivity contribution in [2.45, 2.75) is 19.4 Å². The molecule has 0 radical (unpaired) electrons. The Labute approximate surface area is 188 Å². The number of halogens is 1. The largest absolute Gasteiger partial charge is 0.455 e. The minimum Gasteiger partial charge on any atom is -0.455 e. The minimum atomic E-state index is 0.0251. The molecule has 5 nitrogen and oxygen atoms in total. The van der Waals surface area contributed by atoms with Crippen molar-refractivity contribution >= 4 is 39.5 Å².